The average Bonchev–Trinajstić information content (AvgIpc) is 2.77. The Hall–Kier alpha value is -0.0800. The Kier molecular flexibility index (Phi) is 6.57. The minimum absolute atomic E-state index is 0.583. The topological polar surface area (TPSA) is 29.3 Å². The van der Waals surface area contributed by atoms with Gasteiger partial charge < -0.3 is 10.6 Å². The van der Waals surface area contributed by atoms with Crippen molar-refractivity contribution in [3.8, 4) is 0 Å². The molecule has 0 unspecified atom stereocenters. The Morgan fingerprint density at radius 3 is 1.36 bits per heavy atom. The monoisotopic (exact) mass is 158 g/mol. The van der Waals surface area contributed by atoms with Gasteiger partial charge in [-0.2, -0.15) is 0 Å². The largest absolute Gasteiger partial charge is 0.328 e. The van der Waals surface area contributed by atoms with Crippen molar-refractivity contribution in [2.75, 3.05) is 19.6 Å². The number of rotatable bonds is 3. The van der Waals surface area contributed by atoms with Crippen molar-refractivity contribution in [1.82, 2.24) is 4.90 Å². The molecule has 0 spiro atoms. The van der Waals surface area contributed by atoms with E-state index in [-0.39, 0.29) is 0 Å². The zero-order valence-electron chi connectivity index (χ0n) is 8.14. The van der Waals surface area contributed by atoms with Crippen LogP contribution in [0.25, 0.3) is 0 Å². The van der Waals surface area contributed by atoms with Gasteiger partial charge in [-0.1, -0.05) is 20.8 Å². The summed E-state index contributed by atoms with van der Waals surface area (Å²) < 4.78 is 0. The molecule has 0 aromatic heterocycles. The highest BCUT2D eigenvalue weighted by Gasteiger charge is 2.13. The second kappa shape index (κ2) is 6.62. The first kappa shape index (κ1) is 10.9. The fraction of sp³-hybridized carbons (Fsp3) is 1.00. The van der Waals surface area contributed by atoms with Crippen LogP contribution in [0.1, 0.15) is 33.6 Å². The molecule has 1 rings (SSSR count). The van der Waals surface area contributed by atoms with Crippen LogP contribution in [0.15, 0.2) is 0 Å². The second-order valence-electron chi connectivity index (χ2n) is 2.96. The van der Waals surface area contributed by atoms with Gasteiger partial charge >= 0.3 is 0 Å². The summed E-state index contributed by atoms with van der Waals surface area (Å²) in [4.78, 5) is 2.38. The smallest absolute Gasteiger partial charge is 0.00399 e. The van der Waals surface area contributed by atoms with Gasteiger partial charge in [-0.15, -0.1) is 0 Å². The molecule has 1 fully saturated rings. The molecule has 0 aromatic carbocycles. The maximum Gasteiger partial charge on any atom is 0.00399 e. The Bertz CT molecular complexity index is 70.1. The maximum atomic E-state index is 5.22. The van der Waals surface area contributed by atoms with E-state index in [4.69, 9.17) is 5.73 Å². The van der Waals surface area contributed by atoms with Gasteiger partial charge in [0.15, 0.2) is 0 Å². The van der Waals surface area contributed by atoms with Gasteiger partial charge in [-0.3, -0.25) is 0 Å². The molecule has 1 saturated carbocycles. The van der Waals surface area contributed by atoms with Crippen LogP contribution in [-0.2, 0) is 0 Å². The third kappa shape index (κ3) is 7.82. The fourth-order valence-electron chi connectivity index (χ4n) is 0.767. The van der Waals surface area contributed by atoms with E-state index >= 15 is 0 Å². The Labute approximate surface area is 70.8 Å². The van der Waals surface area contributed by atoms with Gasteiger partial charge in [0.25, 0.3) is 0 Å². The number of hydrogen-bond donors (Lipinski definition) is 1. The Balaban J connectivity index is 0.000000207. The molecule has 0 saturated heterocycles. The molecule has 0 bridgehead atoms. The minimum atomic E-state index is 0.583. The number of nitrogens with two attached hydrogens (primary N) is 1. The third-order valence-electron chi connectivity index (χ3n) is 1.96. The molecule has 1 aliphatic carbocycles. The molecule has 0 aliphatic heterocycles. The Morgan fingerprint density at radius 1 is 1.09 bits per heavy atom. The van der Waals surface area contributed by atoms with Crippen LogP contribution in [0.2, 0.25) is 0 Å². The second-order valence-corrected chi connectivity index (χ2v) is 2.96. The first-order valence-corrected chi connectivity index (χ1v) is 4.72. The zero-order chi connectivity index (χ0) is 8.69. The van der Waals surface area contributed by atoms with Gasteiger partial charge in [0.1, 0.15) is 0 Å². The number of nitrogens with zero attached hydrogens (tertiary/aromatic N) is 1. The van der Waals surface area contributed by atoms with Crippen LogP contribution in [0.4, 0.5) is 0 Å². The molecule has 2 N–H and O–H groups in total. The SMILES string of the molecule is CCN(CC)CC.NC1CC1. The summed E-state index contributed by atoms with van der Waals surface area (Å²) in [7, 11) is 0. The van der Waals surface area contributed by atoms with Gasteiger partial charge in [0, 0.05) is 6.04 Å². The van der Waals surface area contributed by atoms with E-state index in [9.17, 15) is 0 Å². The zero-order valence-corrected chi connectivity index (χ0v) is 8.14. The molecule has 2 heteroatoms. The van der Waals surface area contributed by atoms with Crippen molar-refractivity contribution in [2.24, 2.45) is 5.73 Å². The van der Waals surface area contributed by atoms with E-state index < -0.39 is 0 Å². The molecule has 0 amide bonds. The highest BCUT2D eigenvalue weighted by Crippen LogP contribution is 2.13. The average molecular weight is 158 g/mol. The highest BCUT2D eigenvalue weighted by molar-refractivity contribution is 4.75. The van der Waals surface area contributed by atoms with Crippen LogP contribution in [0, 0.1) is 0 Å². The molecule has 1 aliphatic rings. The number of hydrogen-bond acceptors (Lipinski definition) is 2. The van der Waals surface area contributed by atoms with E-state index in [1.165, 1.54) is 32.5 Å². The summed E-state index contributed by atoms with van der Waals surface area (Å²) in [5, 5.41) is 0. The predicted octanol–water partition coefficient (Wildman–Crippen LogP) is 1.46. The molecule has 0 aromatic rings. The Morgan fingerprint density at radius 2 is 1.36 bits per heavy atom. The van der Waals surface area contributed by atoms with Crippen molar-refractivity contribution in [1.29, 1.82) is 0 Å². The molecule has 11 heavy (non-hydrogen) atoms. The van der Waals surface area contributed by atoms with Gasteiger partial charge in [0.05, 0.1) is 0 Å². The molecule has 2 nitrogen and oxygen atoms in total. The van der Waals surface area contributed by atoms with Gasteiger partial charge in [-0.05, 0) is 32.5 Å². The van der Waals surface area contributed by atoms with Crippen molar-refractivity contribution in [3.63, 3.8) is 0 Å². The third-order valence-corrected chi connectivity index (χ3v) is 1.96. The quantitative estimate of drug-likeness (QED) is 0.673. The van der Waals surface area contributed by atoms with E-state index in [0.717, 1.165) is 0 Å². The normalized spacial score (nSPS) is 16.1. The van der Waals surface area contributed by atoms with Crippen molar-refractivity contribution < 1.29 is 0 Å². The lowest BCUT2D eigenvalue weighted by Gasteiger charge is -2.13. The van der Waals surface area contributed by atoms with E-state index in [0.29, 0.717) is 6.04 Å². The highest BCUT2D eigenvalue weighted by atomic mass is 15.1. The van der Waals surface area contributed by atoms with Crippen molar-refractivity contribution in [2.45, 2.75) is 39.7 Å². The van der Waals surface area contributed by atoms with Crippen molar-refractivity contribution >= 4 is 0 Å². The predicted molar refractivity (Wildman–Crippen MR) is 50.7 cm³/mol. The van der Waals surface area contributed by atoms with Gasteiger partial charge in [0.2, 0.25) is 0 Å². The molecule has 68 valence electrons. The summed E-state index contributed by atoms with van der Waals surface area (Å²) in [6.45, 7) is 10.1. The lowest BCUT2D eigenvalue weighted by Crippen LogP contribution is -2.21. The first-order chi connectivity index (χ1) is 5.24. The summed E-state index contributed by atoms with van der Waals surface area (Å²) in [5.41, 5.74) is 5.22. The van der Waals surface area contributed by atoms with Gasteiger partial charge in [-0.25, -0.2) is 0 Å². The molecule has 0 radical (unpaired) electrons. The van der Waals surface area contributed by atoms with Crippen molar-refractivity contribution in [3.05, 3.63) is 0 Å². The van der Waals surface area contributed by atoms with Crippen LogP contribution in [0.3, 0.4) is 0 Å². The fourth-order valence-corrected chi connectivity index (χ4v) is 0.767. The van der Waals surface area contributed by atoms with E-state index in [1.54, 1.807) is 0 Å². The van der Waals surface area contributed by atoms with Crippen LogP contribution in [0.5, 0.6) is 0 Å². The van der Waals surface area contributed by atoms with Crippen LogP contribution < -0.4 is 5.73 Å². The summed E-state index contributed by atoms with van der Waals surface area (Å²) in [6, 6.07) is 0.583. The lowest BCUT2D eigenvalue weighted by atomic mass is 10.5. The summed E-state index contributed by atoms with van der Waals surface area (Å²) in [6.07, 6.45) is 2.53. The summed E-state index contributed by atoms with van der Waals surface area (Å²) >= 11 is 0. The molecular formula is C9H22N2. The summed E-state index contributed by atoms with van der Waals surface area (Å²) in [5.74, 6) is 0. The maximum absolute atomic E-state index is 5.22. The standard InChI is InChI=1S/C6H15N.C3H7N/c1-4-7(5-2)6-3;4-3-1-2-3/h4-6H2,1-3H3;3H,1-2,4H2. The van der Waals surface area contributed by atoms with Crippen LogP contribution in [-0.4, -0.2) is 30.6 Å². The van der Waals surface area contributed by atoms with Crippen LogP contribution >= 0.6 is 0 Å². The lowest BCUT2D eigenvalue weighted by molar-refractivity contribution is 0.321. The first-order valence-electron chi connectivity index (χ1n) is 4.72. The molecule has 0 atom stereocenters. The minimum Gasteiger partial charge on any atom is -0.328 e. The molecular weight excluding hydrogens is 136 g/mol. The van der Waals surface area contributed by atoms with E-state index in [1.807, 2.05) is 0 Å². The molecule has 0 heterocycles. The van der Waals surface area contributed by atoms with E-state index in [2.05, 4.69) is 25.7 Å².